The standard InChI is InChI=1S/C30H32N8O4S/c1-4-5-10-27-26(17-21-11-13-22(14-12-21)24-8-6-7-9-25(24)28-34-36-37-35-28)29(39)38(20(2)33-27)30-31-18-23(19-32-30)42-15-16-43(3,40)41/h6-9,11-14,18-19H,4-5,10,15-17H2,1-3H3,(H,34,35,36,37). The Kier molecular flexibility index (Phi) is 9.00. The van der Waals surface area contributed by atoms with Crippen LogP contribution in [0.2, 0.25) is 0 Å². The molecule has 0 unspecified atom stereocenters. The van der Waals surface area contributed by atoms with Crippen molar-refractivity contribution in [3.8, 4) is 34.2 Å². The van der Waals surface area contributed by atoms with Gasteiger partial charge in [-0.15, -0.1) is 5.10 Å². The zero-order valence-electron chi connectivity index (χ0n) is 24.2. The Hall–Kier alpha value is -4.78. The van der Waals surface area contributed by atoms with Crippen molar-refractivity contribution >= 4 is 9.84 Å². The van der Waals surface area contributed by atoms with Crippen molar-refractivity contribution in [2.45, 2.75) is 39.5 Å². The van der Waals surface area contributed by atoms with Crippen LogP contribution < -0.4 is 10.3 Å². The maximum absolute atomic E-state index is 13.9. The van der Waals surface area contributed by atoms with Crippen LogP contribution in [0.1, 0.15) is 42.4 Å². The summed E-state index contributed by atoms with van der Waals surface area (Å²) < 4.78 is 29.6. The number of hydrogen-bond donors (Lipinski definition) is 1. The Morgan fingerprint density at radius 3 is 2.37 bits per heavy atom. The van der Waals surface area contributed by atoms with Gasteiger partial charge in [-0.2, -0.15) is 0 Å². The van der Waals surface area contributed by atoms with E-state index in [9.17, 15) is 13.2 Å². The third kappa shape index (κ3) is 7.17. The molecule has 0 amide bonds. The second-order valence-corrected chi connectivity index (χ2v) is 12.5. The minimum absolute atomic E-state index is 0.0139. The number of H-pyrrole nitrogens is 1. The Balaban J connectivity index is 1.44. The smallest absolute Gasteiger partial charge is 0.264 e. The molecule has 3 heterocycles. The number of benzene rings is 2. The number of aromatic nitrogens is 8. The molecule has 0 radical (unpaired) electrons. The molecule has 13 heteroatoms. The zero-order valence-corrected chi connectivity index (χ0v) is 25.0. The Morgan fingerprint density at radius 1 is 1.00 bits per heavy atom. The van der Waals surface area contributed by atoms with Gasteiger partial charge in [0.15, 0.2) is 21.4 Å². The van der Waals surface area contributed by atoms with Crippen LogP contribution in [-0.2, 0) is 22.7 Å². The molecule has 0 saturated heterocycles. The van der Waals surface area contributed by atoms with Gasteiger partial charge in [-0.1, -0.05) is 61.9 Å². The van der Waals surface area contributed by atoms with Crippen molar-refractivity contribution in [1.82, 2.24) is 40.1 Å². The third-order valence-corrected chi connectivity index (χ3v) is 7.82. The second-order valence-electron chi connectivity index (χ2n) is 10.2. The number of sulfone groups is 1. The number of tetrazole rings is 1. The molecule has 0 aliphatic rings. The molecule has 5 aromatic rings. The van der Waals surface area contributed by atoms with Gasteiger partial charge in [0.25, 0.3) is 5.56 Å². The van der Waals surface area contributed by atoms with E-state index in [4.69, 9.17) is 9.72 Å². The van der Waals surface area contributed by atoms with Crippen LogP contribution in [0.5, 0.6) is 5.75 Å². The predicted molar refractivity (Wildman–Crippen MR) is 162 cm³/mol. The summed E-state index contributed by atoms with van der Waals surface area (Å²) >= 11 is 0. The van der Waals surface area contributed by atoms with Crippen LogP contribution in [0.15, 0.2) is 65.7 Å². The van der Waals surface area contributed by atoms with Crippen molar-refractivity contribution in [2.75, 3.05) is 18.6 Å². The second kappa shape index (κ2) is 13.0. The molecule has 5 rings (SSSR count). The summed E-state index contributed by atoms with van der Waals surface area (Å²) in [4.78, 5) is 27.4. The van der Waals surface area contributed by atoms with Gasteiger partial charge >= 0.3 is 0 Å². The lowest BCUT2D eigenvalue weighted by Crippen LogP contribution is -2.29. The monoisotopic (exact) mass is 600 g/mol. The SMILES string of the molecule is CCCCc1nc(C)n(-c2ncc(OCCS(C)(=O)=O)cn2)c(=O)c1Cc1ccc(-c2ccccc2-c2nnn[nH]2)cc1. The average molecular weight is 601 g/mol. The van der Waals surface area contributed by atoms with E-state index in [-0.39, 0.29) is 23.9 Å². The van der Waals surface area contributed by atoms with Gasteiger partial charge in [0.1, 0.15) is 12.4 Å². The van der Waals surface area contributed by atoms with E-state index in [0.29, 0.717) is 35.8 Å². The summed E-state index contributed by atoms with van der Waals surface area (Å²) in [6.07, 6.45) is 6.96. The highest BCUT2D eigenvalue weighted by Gasteiger charge is 2.18. The lowest BCUT2D eigenvalue weighted by Gasteiger charge is -2.15. The normalized spacial score (nSPS) is 11.5. The molecule has 0 bridgehead atoms. The highest BCUT2D eigenvalue weighted by atomic mass is 32.2. The average Bonchev–Trinajstić information content (AvgIpc) is 3.53. The molecule has 0 atom stereocenters. The maximum Gasteiger partial charge on any atom is 0.264 e. The number of rotatable bonds is 12. The summed E-state index contributed by atoms with van der Waals surface area (Å²) in [5.74, 6) is 1.43. The van der Waals surface area contributed by atoms with E-state index in [0.717, 1.165) is 47.0 Å². The molecule has 1 N–H and O–H groups in total. The predicted octanol–water partition coefficient (Wildman–Crippen LogP) is 3.53. The molecule has 0 spiro atoms. The molecule has 222 valence electrons. The van der Waals surface area contributed by atoms with Gasteiger partial charge in [0, 0.05) is 23.8 Å². The van der Waals surface area contributed by atoms with E-state index in [2.05, 4.69) is 37.5 Å². The lowest BCUT2D eigenvalue weighted by atomic mass is 9.96. The maximum atomic E-state index is 13.9. The third-order valence-electron chi connectivity index (χ3n) is 6.91. The summed E-state index contributed by atoms with van der Waals surface area (Å²) in [5, 5.41) is 14.3. The highest BCUT2D eigenvalue weighted by Crippen LogP contribution is 2.30. The first-order chi connectivity index (χ1) is 20.7. The fourth-order valence-electron chi connectivity index (χ4n) is 4.71. The largest absolute Gasteiger partial charge is 0.489 e. The van der Waals surface area contributed by atoms with Crippen LogP contribution >= 0.6 is 0 Å². The van der Waals surface area contributed by atoms with Crippen LogP contribution in [0.3, 0.4) is 0 Å². The Labute approximate surface area is 249 Å². The first-order valence-corrected chi connectivity index (χ1v) is 16.0. The minimum atomic E-state index is -3.15. The number of unbranched alkanes of at least 4 members (excludes halogenated alkanes) is 1. The minimum Gasteiger partial charge on any atom is -0.489 e. The fourth-order valence-corrected chi connectivity index (χ4v) is 5.10. The van der Waals surface area contributed by atoms with Crippen LogP contribution in [0.25, 0.3) is 28.5 Å². The molecule has 43 heavy (non-hydrogen) atoms. The quantitative estimate of drug-likeness (QED) is 0.224. The lowest BCUT2D eigenvalue weighted by molar-refractivity contribution is 0.338. The Bertz CT molecular complexity index is 1850. The van der Waals surface area contributed by atoms with Gasteiger partial charge in [-0.25, -0.2) is 33.0 Å². The van der Waals surface area contributed by atoms with E-state index in [1.807, 2.05) is 48.5 Å². The number of nitrogens with one attached hydrogen (secondary N) is 1. The molecule has 0 aliphatic heterocycles. The van der Waals surface area contributed by atoms with E-state index in [1.165, 1.54) is 17.0 Å². The summed E-state index contributed by atoms with van der Waals surface area (Å²) in [7, 11) is -3.15. The number of ether oxygens (including phenoxy) is 1. The van der Waals surface area contributed by atoms with Crippen LogP contribution in [-0.4, -0.2) is 67.2 Å². The summed E-state index contributed by atoms with van der Waals surface area (Å²) in [5.41, 5.74) is 4.97. The van der Waals surface area contributed by atoms with Crippen molar-refractivity contribution in [3.05, 3.63) is 93.9 Å². The van der Waals surface area contributed by atoms with Crippen molar-refractivity contribution < 1.29 is 13.2 Å². The molecule has 2 aromatic carbocycles. The van der Waals surface area contributed by atoms with Crippen molar-refractivity contribution in [3.63, 3.8) is 0 Å². The van der Waals surface area contributed by atoms with Crippen molar-refractivity contribution in [1.29, 1.82) is 0 Å². The highest BCUT2D eigenvalue weighted by molar-refractivity contribution is 7.90. The zero-order chi connectivity index (χ0) is 30.4. The van der Waals surface area contributed by atoms with Gasteiger partial charge in [0.2, 0.25) is 5.95 Å². The van der Waals surface area contributed by atoms with Gasteiger partial charge in [-0.3, -0.25) is 4.79 Å². The molecule has 0 fully saturated rings. The first kappa shape index (κ1) is 29.7. The van der Waals surface area contributed by atoms with E-state index in [1.54, 1.807) is 6.92 Å². The van der Waals surface area contributed by atoms with E-state index >= 15 is 0 Å². The van der Waals surface area contributed by atoms with Crippen molar-refractivity contribution in [2.24, 2.45) is 0 Å². The van der Waals surface area contributed by atoms with Crippen LogP contribution in [0, 0.1) is 6.92 Å². The molecular formula is C30H32N8O4S. The van der Waals surface area contributed by atoms with Crippen LogP contribution in [0.4, 0.5) is 0 Å². The van der Waals surface area contributed by atoms with Gasteiger partial charge in [-0.05, 0) is 46.9 Å². The number of aryl methyl sites for hydroxylation is 2. The molecular weight excluding hydrogens is 568 g/mol. The molecule has 12 nitrogen and oxygen atoms in total. The summed E-state index contributed by atoms with van der Waals surface area (Å²) in [6, 6.07) is 15.9. The topological polar surface area (TPSA) is 158 Å². The fraction of sp³-hybridized carbons (Fsp3) is 0.300. The molecule has 0 saturated carbocycles. The Morgan fingerprint density at radius 2 is 1.72 bits per heavy atom. The summed E-state index contributed by atoms with van der Waals surface area (Å²) in [6.45, 7) is 3.85. The van der Waals surface area contributed by atoms with Gasteiger partial charge in [0.05, 0.1) is 23.8 Å². The number of nitrogens with zero attached hydrogens (tertiary/aromatic N) is 7. The van der Waals surface area contributed by atoms with Gasteiger partial charge < -0.3 is 4.74 Å². The molecule has 3 aromatic heterocycles. The first-order valence-electron chi connectivity index (χ1n) is 13.9. The number of aromatic amines is 1. The number of hydrogen-bond acceptors (Lipinski definition) is 10. The van der Waals surface area contributed by atoms with E-state index < -0.39 is 9.84 Å². The molecule has 0 aliphatic carbocycles.